The lowest BCUT2D eigenvalue weighted by Crippen LogP contribution is -2.26. The van der Waals surface area contributed by atoms with Crippen molar-refractivity contribution in [1.82, 2.24) is 4.98 Å². The van der Waals surface area contributed by atoms with Gasteiger partial charge in [-0.2, -0.15) is 0 Å². The first-order valence-corrected chi connectivity index (χ1v) is 5.48. The van der Waals surface area contributed by atoms with Gasteiger partial charge >= 0.3 is 5.97 Å². The van der Waals surface area contributed by atoms with Crippen molar-refractivity contribution in [2.24, 2.45) is 4.99 Å². The quantitative estimate of drug-likeness (QED) is 0.742. The third kappa shape index (κ3) is 2.27. The van der Waals surface area contributed by atoms with E-state index >= 15 is 0 Å². The Kier molecular flexibility index (Phi) is 3.37. The molecular weight excluding hydrogens is 220 g/mol. The van der Waals surface area contributed by atoms with E-state index in [4.69, 9.17) is 9.47 Å². The van der Waals surface area contributed by atoms with Crippen LogP contribution in [0.1, 0.15) is 24.2 Å². The number of rotatable bonds is 3. The molecule has 0 spiro atoms. The topological polar surface area (TPSA) is 60.8 Å². The molecule has 1 aliphatic heterocycles. The first-order chi connectivity index (χ1) is 8.24. The molecule has 17 heavy (non-hydrogen) atoms. The summed E-state index contributed by atoms with van der Waals surface area (Å²) < 4.78 is 10.3. The lowest BCUT2D eigenvalue weighted by Gasteiger charge is -2.17. The molecule has 1 aromatic rings. The lowest BCUT2D eigenvalue weighted by molar-refractivity contribution is -0.146. The van der Waals surface area contributed by atoms with Gasteiger partial charge in [0.15, 0.2) is 18.5 Å². The number of aliphatic imine (C=N–C) groups is 1. The zero-order valence-corrected chi connectivity index (χ0v) is 9.79. The summed E-state index contributed by atoms with van der Waals surface area (Å²) in [7, 11) is 0. The smallest absolute Gasteiger partial charge is 0.335 e. The maximum absolute atomic E-state index is 11.7. The summed E-state index contributed by atoms with van der Waals surface area (Å²) in [5.41, 5.74) is 1.88. The predicted octanol–water partition coefficient (Wildman–Crippen LogP) is 1.42. The second-order valence-electron chi connectivity index (χ2n) is 3.74. The van der Waals surface area contributed by atoms with E-state index in [0.29, 0.717) is 6.61 Å². The summed E-state index contributed by atoms with van der Waals surface area (Å²) in [6, 6.07) is 1.25. The Labute approximate surface area is 99.5 Å². The number of hydrogen-bond acceptors (Lipinski definition) is 5. The van der Waals surface area contributed by atoms with Gasteiger partial charge in [0.05, 0.1) is 6.61 Å². The summed E-state index contributed by atoms with van der Waals surface area (Å²) in [5, 5.41) is 0. The first-order valence-electron chi connectivity index (χ1n) is 5.48. The molecule has 1 aromatic heterocycles. The van der Waals surface area contributed by atoms with E-state index in [1.807, 2.05) is 13.0 Å². The standard InChI is InChI=1S/C12H14N2O3/c1-3-16-12(15)10-11(17-7-14-10)9-6-13-5-4-8(9)2/h4-7,10-11H,3H2,1-2H3/t10-,11-/m1/s1. The molecule has 0 N–H and O–H groups in total. The van der Waals surface area contributed by atoms with Crippen LogP contribution in [-0.2, 0) is 14.3 Å². The van der Waals surface area contributed by atoms with Gasteiger partial charge < -0.3 is 9.47 Å². The average Bonchev–Trinajstić information content (AvgIpc) is 2.79. The SMILES string of the molecule is CCOC(=O)[C@@H]1N=CO[C@@H]1c1cnccc1C. The van der Waals surface area contributed by atoms with E-state index in [1.165, 1.54) is 6.40 Å². The fourth-order valence-electron chi connectivity index (χ4n) is 1.75. The molecule has 1 aliphatic rings. The minimum absolute atomic E-state index is 0.337. The Hall–Kier alpha value is -1.91. The van der Waals surface area contributed by atoms with Gasteiger partial charge in [-0.25, -0.2) is 9.79 Å². The Morgan fingerprint density at radius 2 is 2.41 bits per heavy atom. The number of nitrogens with zero attached hydrogens (tertiary/aromatic N) is 2. The highest BCUT2D eigenvalue weighted by atomic mass is 16.5. The minimum atomic E-state index is -0.627. The summed E-state index contributed by atoms with van der Waals surface area (Å²) in [6.45, 7) is 4.05. The van der Waals surface area contributed by atoms with Crippen LogP contribution in [0.4, 0.5) is 0 Å². The number of ether oxygens (including phenoxy) is 2. The highest BCUT2D eigenvalue weighted by Gasteiger charge is 2.36. The first kappa shape index (κ1) is 11.6. The maximum atomic E-state index is 11.7. The summed E-state index contributed by atoms with van der Waals surface area (Å²) in [4.78, 5) is 19.7. The zero-order chi connectivity index (χ0) is 12.3. The molecule has 5 heteroatoms. The molecule has 0 radical (unpaired) electrons. The van der Waals surface area contributed by atoms with Gasteiger partial charge in [0, 0.05) is 18.0 Å². The van der Waals surface area contributed by atoms with Crippen molar-refractivity contribution in [1.29, 1.82) is 0 Å². The van der Waals surface area contributed by atoms with Gasteiger partial charge in [0.2, 0.25) is 0 Å². The van der Waals surface area contributed by atoms with Crippen LogP contribution in [0.25, 0.3) is 0 Å². The number of esters is 1. The summed E-state index contributed by atoms with van der Waals surface area (Å²) in [6.07, 6.45) is 4.27. The van der Waals surface area contributed by atoms with Gasteiger partial charge in [-0.1, -0.05) is 0 Å². The predicted molar refractivity (Wildman–Crippen MR) is 61.7 cm³/mol. The Bertz CT molecular complexity index is 445. The van der Waals surface area contributed by atoms with E-state index < -0.39 is 12.1 Å². The van der Waals surface area contributed by atoms with Crippen molar-refractivity contribution >= 4 is 12.4 Å². The van der Waals surface area contributed by atoms with Gasteiger partial charge in [-0.05, 0) is 25.5 Å². The molecule has 0 aromatic carbocycles. The van der Waals surface area contributed by atoms with Crippen LogP contribution in [0.15, 0.2) is 23.5 Å². The third-order valence-corrected chi connectivity index (χ3v) is 2.63. The van der Waals surface area contributed by atoms with Crippen molar-refractivity contribution in [2.75, 3.05) is 6.61 Å². The van der Waals surface area contributed by atoms with Crippen LogP contribution in [0.2, 0.25) is 0 Å². The van der Waals surface area contributed by atoms with Crippen molar-refractivity contribution in [3.8, 4) is 0 Å². The summed E-state index contributed by atoms with van der Waals surface area (Å²) >= 11 is 0. The second-order valence-corrected chi connectivity index (χ2v) is 3.74. The molecule has 0 saturated carbocycles. The molecule has 0 fully saturated rings. The molecule has 90 valence electrons. The van der Waals surface area contributed by atoms with Crippen molar-refractivity contribution in [3.63, 3.8) is 0 Å². The van der Waals surface area contributed by atoms with Gasteiger partial charge in [0.1, 0.15) is 0 Å². The fourth-order valence-corrected chi connectivity index (χ4v) is 1.75. The number of carbonyl (C=O) groups excluding carboxylic acids is 1. The molecule has 2 atom stereocenters. The molecule has 0 aliphatic carbocycles. The van der Waals surface area contributed by atoms with Crippen LogP contribution in [0.3, 0.4) is 0 Å². The van der Waals surface area contributed by atoms with Crippen molar-refractivity contribution in [2.45, 2.75) is 26.0 Å². The molecule has 0 amide bonds. The largest absolute Gasteiger partial charge is 0.473 e. The molecule has 2 heterocycles. The summed E-state index contributed by atoms with van der Waals surface area (Å²) in [5.74, 6) is -0.366. The average molecular weight is 234 g/mol. The van der Waals surface area contributed by atoms with Crippen LogP contribution < -0.4 is 0 Å². The van der Waals surface area contributed by atoms with Crippen LogP contribution in [-0.4, -0.2) is 30.0 Å². The molecule has 5 nitrogen and oxygen atoms in total. The van der Waals surface area contributed by atoms with E-state index in [0.717, 1.165) is 11.1 Å². The van der Waals surface area contributed by atoms with Gasteiger partial charge in [-0.3, -0.25) is 4.98 Å². The number of aromatic nitrogens is 1. The molecule has 0 saturated heterocycles. The Morgan fingerprint density at radius 1 is 1.59 bits per heavy atom. The van der Waals surface area contributed by atoms with E-state index in [1.54, 1.807) is 19.3 Å². The van der Waals surface area contributed by atoms with Gasteiger partial charge in [-0.15, -0.1) is 0 Å². The maximum Gasteiger partial charge on any atom is 0.335 e. The monoisotopic (exact) mass is 234 g/mol. The second kappa shape index (κ2) is 4.95. The highest BCUT2D eigenvalue weighted by Crippen LogP contribution is 2.29. The number of carbonyl (C=O) groups is 1. The fraction of sp³-hybridized carbons (Fsp3) is 0.417. The molecular formula is C12H14N2O3. The molecule has 0 unspecified atom stereocenters. The normalized spacial score (nSPS) is 22.2. The third-order valence-electron chi connectivity index (χ3n) is 2.63. The number of aryl methyl sites for hydroxylation is 1. The number of hydrogen-bond donors (Lipinski definition) is 0. The van der Waals surface area contributed by atoms with Crippen LogP contribution in [0.5, 0.6) is 0 Å². The molecule has 0 bridgehead atoms. The Balaban J connectivity index is 2.22. The van der Waals surface area contributed by atoms with E-state index in [-0.39, 0.29) is 5.97 Å². The van der Waals surface area contributed by atoms with E-state index in [2.05, 4.69) is 9.98 Å². The van der Waals surface area contributed by atoms with Crippen LogP contribution >= 0.6 is 0 Å². The lowest BCUT2D eigenvalue weighted by atomic mass is 10.0. The Morgan fingerprint density at radius 3 is 3.12 bits per heavy atom. The minimum Gasteiger partial charge on any atom is -0.473 e. The van der Waals surface area contributed by atoms with Crippen molar-refractivity contribution < 1.29 is 14.3 Å². The molecule has 2 rings (SSSR count). The number of pyridine rings is 1. The van der Waals surface area contributed by atoms with Gasteiger partial charge in [0.25, 0.3) is 0 Å². The van der Waals surface area contributed by atoms with Crippen LogP contribution in [0, 0.1) is 6.92 Å². The highest BCUT2D eigenvalue weighted by molar-refractivity contribution is 5.80. The van der Waals surface area contributed by atoms with Crippen molar-refractivity contribution in [3.05, 3.63) is 29.6 Å². The van der Waals surface area contributed by atoms with E-state index in [9.17, 15) is 4.79 Å². The zero-order valence-electron chi connectivity index (χ0n) is 9.79.